The summed E-state index contributed by atoms with van der Waals surface area (Å²) in [5.41, 5.74) is 4.63. The average Bonchev–Trinajstić information content (AvgIpc) is 2.52. The molecule has 2 amide bonds. The lowest BCUT2D eigenvalue weighted by atomic mass is 9.84. The molecule has 0 saturated carbocycles. The summed E-state index contributed by atoms with van der Waals surface area (Å²) < 4.78 is 4.93. The fraction of sp³-hybridized carbons (Fsp3) is 0.769. The Morgan fingerprint density at radius 1 is 1.24 bits per heavy atom. The van der Waals surface area contributed by atoms with Gasteiger partial charge in [-0.25, -0.2) is 4.79 Å². The fourth-order valence-electron chi connectivity index (χ4n) is 2.21. The topological polar surface area (TPSA) is 108 Å². The van der Waals surface area contributed by atoms with E-state index in [4.69, 9.17) is 15.7 Å². The van der Waals surface area contributed by atoms with Gasteiger partial charge < -0.3 is 25.5 Å². The lowest BCUT2D eigenvalue weighted by Gasteiger charge is -2.38. The van der Waals surface area contributed by atoms with E-state index in [0.29, 0.717) is 39.2 Å². The van der Waals surface area contributed by atoms with Gasteiger partial charge in [-0.05, 0) is 20.3 Å². The zero-order valence-corrected chi connectivity index (χ0v) is 12.8. The zero-order chi connectivity index (χ0) is 16.0. The number of carbonyl (C=O) groups is 2. The molecule has 0 aromatic heterocycles. The first-order valence-electron chi connectivity index (χ1n) is 7.09. The standard InChI is InChI=1S/C13H24N4O4/c1-4-13(3,10(14)15-20)11(18)16-6-8-17(9-7-16)12(19)21-5-2/h20H,4-9H2,1-3H3,(H2,14,15). The van der Waals surface area contributed by atoms with Gasteiger partial charge in [-0.2, -0.15) is 0 Å². The van der Waals surface area contributed by atoms with Crippen molar-refractivity contribution < 1.29 is 19.5 Å². The molecule has 1 fully saturated rings. The Morgan fingerprint density at radius 3 is 2.19 bits per heavy atom. The van der Waals surface area contributed by atoms with E-state index in [1.807, 2.05) is 6.92 Å². The summed E-state index contributed by atoms with van der Waals surface area (Å²) in [6, 6.07) is 0. The molecule has 8 heteroatoms. The highest BCUT2D eigenvalue weighted by atomic mass is 16.6. The molecule has 8 nitrogen and oxygen atoms in total. The smallest absolute Gasteiger partial charge is 0.409 e. The number of carbonyl (C=O) groups excluding carboxylic acids is 2. The highest BCUT2D eigenvalue weighted by Crippen LogP contribution is 2.25. The number of piperazine rings is 1. The lowest BCUT2D eigenvalue weighted by molar-refractivity contribution is -0.139. The van der Waals surface area contributed by atoms with Crippen LogP contribution in [0.1, 0.15) is 27.2 Å². The van der Waals surface area contributed by atoms with Gasteiger partial charge in [-0.15, -0.1) is 0 Å². The molecule has 3 N–H and O–H groups in total. The molecule has 21 heavy (non-hydrogen) atoms. The van der Waals surface area contributed by atoms with Crippen LogP contribution >= 0.6 is 0 Å². The van der Waals surface area contributed by atoms with E-state index in [9.17, 15) is 9.59 Å². The van der Waals surface area contributed by atoms with Crippen molar-refractivity contribution in [1.29, 1.82) is 0 Å². The van der Waals surface area contributed by atoms with Crippen LogP contribution in [0.2, 0.25) is 0 Å². The molecular formula is C13H24N4O4. The van der Waals surface area contributed by atoms with Crippen molar-refractivity contribution in [3.8, 4) is 0 Å². The second-order valence-electron chi connectivity index (χ2n) is 5.15. The summed E-state index contributed by atoms with van der Waals surface area (Å²) in [6.45, 7) is 7.20. The molecule has 1 unspecified atom stereocenters. The van der Waals surface area contributed by atoms with Crippen molar-refractivity contribution in [2.45, 2.75) is 27.2 Å². The maximum Gasteiger partial charge on any atom is 0.409 e. The second-order valence-corrected chi connectivity index (χ2v) is 5.15. The van der Waals surface area contributed by atoms with Crippen LogP contribution in [-0.2, 0) is 9.53 Å². The zero-order valence-electron chi connectivity index (χ0n) is 12.8. The molecule has 0 aromatic rings. The van der Waals surface area contributed by atoms with Crippen molar-refractivity contribution in [2.75, 3.05) is 32.8 Å². The number of ether oxygens (including phenoxy) is 1. The highest BCUT2D eigenvalue weighted by Gasteiger charge is 2.40. The first-order chi connectivity index (χ1) is 9.90. The molecule has 0 radical (unpaired) electrons. The summed E-state index contributed by atoms with van der Waals surface area (Å²) in [5.74, 6) is -0.286. The van der Waals surface area contributed by atoms with E-state index < -0.39 is 5.41 Å². The van der Waals surface area contributed by atoms with Gasteiger partial charge in [0.1, 0.15) is 5.41 Å². The minimum absolute atomic E-state index is 0.0946. The molecule has 0 aliphatic carbocycles. The second kappa shape index (κ2) is 7.14. The third-order valence-corrected chi connectivity index (χ3v) is 3.95. The van der Waals surface area contributed by atoms with Gasteiger partial charge in [0.05, 0.1) is 6.61 Å². The Hall–Kier alpha value is -1.99. The summed E-state index contributed by atoms with van der Waals surface area (Å²) in [5, 5.41) is 11.8. The number of nitrogens with two attached hydrogens (primary N) is 1. The first kappa shape index (κ1) is 17.1. The Balaban J connectivity index is 2.69. The van der Waals surface area contributed by atoms with Crippen LogP contribution in [0.25, 0.3) is 0 Å². The molecule has 1 heterocycles. The first-order valence-corrected chi connectivity index (χ1v) is 7.09. The number of nitrogens with zero attached hydrogens (tertiary/aromatic N) is 3. The van der Waals surface area contributed by atoms with E-state index in [1.165, 1.54) is 0 Å². The van der Waals surface area contributed by atoms with Gasteiger partial charge in [-0.3, -0.25) is 4.79 Å². The van der Waals surface area contributed by atoms with E-state index in [2.05, 4.69) is 5.16 Å². The molecule has 0 bridgehead atoms. The van der Waals surface area contributed by atoms with Gasteiger partial charge in [0, 0.05) is 26.2 Å². The third kappa shape index (κ3) is 3.56. The van der Waals surface area contributed by atoms with Gasteiger partial charge in [0.15, 0.2) is 5.84 Å². The summed E-state index contributed by atoms with van der Waals surface area (Å²) in [4.78, 5) is 27.4. The predicted octanol–water partition coefficient (Wildman–Crippen LogP) is 0.450. The monoisotopic (exact) mass is 300 g/mol. The minimum Gasteiger partial charge on any atom is -0.450 e. The Kier molecular flexibility index (Phi) is 5.80. The highest BCUT2D eigenvalue weighted by molar-refractivity contribution is 6.06. The SMILES string of the molecule is CCOC(=O)N1CCN(C(=O)C(C)(CC)C(N)=NO)CC1. The van der Waals surface area contributed by atoms with Gasteiger partial charge in [-0.1, -0.05) is 12.1 Å². The number of amidine groups is 1. The van der Waals surface area contributed by atoms with E-state index in [1.54, 1.807) is 23.6 Å². The molecule has 0 aromatic carbocycles. The molecule has 120 valence electrons. The number of hydrogen-bond donors (Lipinski definition) is 2. The van der Waals surface area contributed by atoms with E-state index in [0.717, 1.165) is 0 Å². The number of oxime groups is 1. The van der Waals surface area contributed by atoms with Gasteiger partial charge in [0.2, 0.25) is 5.91 Å². The lowest BCUT2D eigenvalue weighted by Crippen LogP contribution is -2.56. The molecule has 0 spiro atoms. The van der Waals surface area contributed by atoms with Crippen molar-refractivity contribution in [2.24, 2.45) is 16.3 Å². The van der Waals surface area contributed by atoms with Crippen LogP contribution in [-0.4, -0.2) is 65.6 Å². The number of hydrogen-bond acceptors (Lipinski definition) is 5. The van der Waals surface area contributed by atoms with Crippen molar-refractivity contribution in [1.82, 2.24) is 9.80 Å². The molecule has 1 saturated heterocycles. The van der Waals surface area contributed by atoms with Crippen LogP contribution in [0.5, 0.6) is 0 Å². The minimum atomic E-state index is -1.03. The maximum atomic E-state index is 12.6. The van der Waals surface area contributed by atoms with Gasteiger partial charge >= 0.3 is 6.09 Å². The summed E-state index contributed by atoms with van der Waals surface area (Å²) in [7, 11) is 0. The van der Waals surface area contributed by atoms with Crippen LogP contribution in [0.3, 0.4) is 0 Å². The quantitative estimate of drug-likeness (QED) is 0.339. The molecule has 1 atom stereocenters. The largest absolute Gasteiger partial charge is 0.450 e. The predicted molar refractivity (Wildman–Crippen MR) is 77.0 cm³/mol. The van der Waals surface area contributed by atoms with Gasteiger partial charge in [0.25, 0.3) is 0 Å². The van der Waals surface area contributed by atoms with Crippen LogP contribution < -0.4 is 5.73 Å². The maximum absolute atomic E-state index is 12.6. The summed E-state index contributed by atoms with van der Waals surface area (Å²) in [6.07, 6.45) is 0.0686. The normalized spacial score (nSPS) is 19.1. The van der Waals surface area contributed by atoms with Crippen LogP contribution in [0.15, 0.2) is 5.16 Å². The Labute approximate surface area is 124 Å². The van der Waals surface area contributed by atoms with Crippen LogP contribution in [0, 0.1) is 5.41 Å². The van der Waals surface area contributed by atoms with Crippen molar-refractivity contribution in [3.05, 3.63) is 0 Å². The van der Waals surface area contributed by atoms with E-state index >= 15 is 0 Å². The molecule has 1 aliphatic rings. The molecule has 1 rings (SSSR count). The fourth-order valence-corrected chi connectivity index (χ4v) is 2.21. The third-order valence-electron chi connectivity index (χ3n) is 3.95. The Bertz CT molecular complexity index is 418. The van der Waals surface area contributed by atoms with Crippen LogP contribution in [0.4, 0.5) is 4.79 Å². The number of amides is 2. The van der Waals surface area contributed by atoms with Crippen molar-refractivity contribution >= 4 is 17.8 Å². The molecule has 1 aliphatic heterocycles. The summed E-state index contributed by atoms with van der Waals surface area (Å²) >= 11 is 0. The van der Waals surface area contributed by atoms with E-state index in [-0.39, 0.29) is 17.8 Å². The van der Waals surface area contributed by atoms with Crippen molar-refractivity contribution in [3.63, 3.8) is 0 Å². The average molecular weight is 300 g/mol. The number of rotatable bonds is 4. The Morgan fingerprint density at radius 2 is 1.76 bits per heavy atom. The molecular weight excluding hydrogens is 276 g/mol.